The van der Waals surface area contributed by atoms with Gasteiger partial charge in [0, 0.05) is 12.5 Å². The molecule has 0 aromatic heterocycles. The Hall–Kier alpha value is -0.670. The maximum absolute atomic E-state index is 13.8. The topological polar surface area (TPSA) is 35.5 Å². The Labute approximate surface area is 215 Å². The van der Waals surface area contributed by atoms with Crippen LogP contribution in [0.1, 0.15) is 118 Å². The van der Waals surface area contributed by atoms with Gasteiger partial charge < -0.3 is 9.47 Å². The lowest BCUT2D eigenvalue weighted by Gasteiger charge is -2.57. The van der Waals surface area contributed by atoms with Gasteiger partial charge in [-0.05, 0) is 111 Å². The molecule has 4 fully saturated rings. The second-order valence-corrected chi connectivity index (χ2v) is 14.1. The van der Waals surface area contributed by atoms with Crippen molar-refractivity contribution in [3.63, 3.8) is 0 Å². The van der Waals surface area contributed by atoms with Crippen LogP contribution in [0.2, 0.25) is 0 Å². The van der Waals surface area contributed by atoms with Crippen molar-refractivity contribution < 1.29 is 14.3 Å². The highest BCUT2D eigenvalue weighted by Crippen LogP contribution is 2.66. The van der Waals surface area contributed by atoms with Crippen molar-refractivity contribution in [3.8, 4) is 0 Å². The molecule has 0 spiro atoms. The number of ketones is 1. The maximum atomic E-state index is 13.8. The number of rotatable bonds is 7. The summed E-state index contributed by atoms with van der Waals surface area (Å²) in [5.41, 5.74) is 1.94. The lowest BCUT2D eigenvalue weighted by molar-refractivity contribution is -0.195. The fraction of sp³-hybridized carbons (Fsp3) is 0.906. The quantitative estimate of drug-likeness (QED) is 0.366. The van der Waals surface area contributed by atoms with E-state index in [1.807, 2.05) is 0 Å². The number of ether oxygens (including phenoxy) is 2. The van der Waals surface area contributed by atoms with Crippen molar-refractivity contribution in [1.29, 1.82) is 0 Å². The van der Waals surface area contributed by atoms with Gasteiger partial charge in [-0.25, -0.2) is 0 Å². The average Bonchev–Trinajstić information content (AvgIpc) is 3.17. The molecule has 1 aliphatic heterocycles. The summed E-state index contributed by atoms with van der Waals surface area (Å²) in [6.07, 6.45) is 18.2. The monoisotopic (exact) mass is 484 g/mol. The van der Waals surface area contributed by atoms with Gasteiger partial charge in [-0.15, -0.1) is 0 Å². The predicted molar refractivity (Wildman–Crippen MR) is 142 cm³/mol. The van der Waals surface area contributed by atoms with Gasteiger partial charge in [-0.2, -0.15) is 0 Å². The number of hydrogen-bond donors (Lipinski definition) is 0. The summed E-state index contributed by atoms with van der Waals surface area (Å²) in [5, 5.41) is 0. The van der Waals surface area contributed by atoms with Crippen LogP contribution in [0.4, 0.5) is 0 Å². The molecule has 0 radical (unpaired) electrons. The summed E-state index contributed by atoms with van der Waals surface area (Å²) < 4.78 is 12.3. The molecule has 9 atom stereocenters. The molecule has 0 aromatic rings. The molecule has 5 rings (SSSR count). The highest BCUT2D eigenvalue weighted by Gasteiger charge is 2.61. The van der Waals surface area contributed by atoms with Crippen molar-refractivity contribution in [2.24, 2.45) is 46.3 Å². The molecular weight excluding hydrogens is 432 g/mol. The van der Waals surface area contributed by atoms with E-state index in [4.69, 9.17) is 9.47 Å². The van der Waals surface area contributed by atoms with Gasteiger partial charge in [0.05, 0.1) is 6.10 Å². The Morgan fingerprint density at radius 1 is 1.00 bits per heavy atom. The van der Waals surface area contributed by atoms with Crippen molar-refractivity contribution in [2.45, 2.75) is 130 Å². The summed E-state index contributed by atoms with van der Waals surface area (Å²) in [6.45, 7) is 13.1. The second kappa shape index (κ2) is 10.2. The first kappa shape index (κ1) is 26.0. The zero-order valence-corrected chi connectivity index (χ0v) is 23.3. The van der Waals surface area contributed by atoms with Crippen molar-refractivity contribution in [3.05, 3.63) is 11.6 Å². The molecule has 35 heavy (non-hydrogen) atoms. The van der Waals surface area contributed by atoms with Crippen molar-refractivity contribution in [1.82, 2.24) is 0 Å². The summed E-state index contributed by atoms with van der Waals surface area (Å²) in [4.78, 5) is 13.8. The Balaban J connectivity index is 1.29. The third-order valence-electron chi connectivity index (χ3n) is 11.6. The van der Waals surface area contributed by atoms with E-state index in [0.29, 0.717) is 23.0 Å². The molecule has 1 saturated heterocycles. The van der Waals surface area contributed by atoms with E-state index in [1.165, 1.54) is 63.4 Å². The second-order valence-electron chi connectivity index (χ2n) is 14.1. The first-order valence-electron chi connectivity index (χ1n) is 15.2. The minimum absolute atomic E-state index is 0.0286. The van der Waals surface area contributed by atoms with Gasteiger partial charge >= 0.3 is 0 Å². The van der Waals surface area contributed by atoms with Gasteiger partial charge in [0.15, 0.2) is 12.1 Å². The normalized spacial score (nSPS) is 44.4. The standard InChI is InChI=1S/C32H52O3/c1-21(2)9-8-10-22(3)25-12-13-26-30-27(15-17-32(25,26)5)31(4)16-14-24(19-23(31)20-28(30)33)35-29-11-6-7-18-34-29/h20-22,24-27,29-30H,6-19H2,1-5H3/t22-,24+,25-,26-,27-,29-,30-,31+,32-/m1/s1. The molecule has 0 unspecified atom stereocenters. The van der Waals surface area contributed by atoms with Crippen LogP contribution in [-0.2, 0) is 14.3 Å². The van der Waals surface area contributed by atoms with Crippen LogP contribution < -0.4 is 0 Å². The van der Waals surface area contributed by atoms with Gasteiger partial charge in [0.25, 0.3) is 0 Å². The van der Waals surface area contributed by atoms with Crippen LogP contribution in [-0.4, -0.2) is 24.8 Å². The minimum atomic E-state index is -0.0286. The molecule has 3 nitrogen and oxygen atoms in total. The highest BCUT2D eigenvalue weighted by molar-refractivity contribution is 5.94. The SMILES string of the molecule is CC(C)CCC[C@@H](C)[C@H]1CC[C@@H]2[C@H]3C(=O)C=C4C[C@@H](O[C@@H]5CCCCO5)CC[C@]4(C)[C@@H]3CC[C@@]21C. The third kappa shape index (κ3) is 4.83. The van der Waals surface area contributed by atoms with Crippen LogP contribution in [0.3, 0.4) is 0 Å². The summed E-state index contributed by atoms with van der Waals surface area (Å²) in [7, 11) is 0. The third-order valence-corrected chi connectivity index (χ3v) is 11.6. The molecule has 5 aliphatic rings. The molecular formula is C32H52O3. The van der Waals surface area contributed by atoms with Crippen LogP contribution in [0.15, 0.2) is 11.6 Å². The van der Waals surface area contributed by atoms with E-state index >= 15 is 0 Å². The molecule has 1 heterocycles. The summed E-state index contributed by atoms with van der Waals surface area (Å²) >= 11 is 0. The van der Waals surface area contributed by atoms with E-state index in [0.717, 1.165) is 50.0 Å². The van der Waals surface area contributed by atoms with E-state index < -0.39 is 0 Å². The molecule has 3 saturated carbocycles. The van der Waals surface area contributed by atoms with Crippen molar-refractivity contribution >= 4 is 5.78 Å². The van der Waals surface area contributed by atoms with Gasteiger partial charge in [-0.1, -0.05) is 59.5 Å². The number of hydrogen-bond acceptors (Lipinski definition) is 3. The zero-order chi connectivity index (χ0) is 24.8. The number of allylic oxidation sites excluding steroid dienone is 1. The molecule has 0 bridgehead atoms. The van der Waals surface area contributed by atoms with E-state index in [-0.39, 0.29) is 23.7 Å². The zero-order valence-electron chi connectivity index (χ0n) is 23.3. The van der Waals surface area contributed by atoms with Crippen LogP contribution in [0, 0.1) is 46.3 Å². The summed E-state index contributed by atoms with van der Waals surface area (Å²) in [6, 6.07) is 0. The van der Waals surface area contributed by atoms with Gasteiger partial charge in [0.2, 0.25) is 0 Å². The van der Waals surface area contributed by atoms with Gasteiger partial charge in [-0.3, -0.25) is 4.79 Å². The first-order valence-corrected chi connectivity index (χ1v) is 15.2. The van der Waals surface area contributed by atoms with E-state index in [1.54, 1.807) is 0 Å². The average molecular weight is 485 g/mol. The van der Waals surface area contributed by atoms with Crippen LogP contribution >= 0.6 is 0 Å². The molecule has 0 amide bonds. The van der Waals surface area contributed by atoms with E-state index in [9.17, 15) is 4.79 Å². The Morgan fingerprint density at radius 2 is 1.83 bits per heavy atom. The predicted octanol–water partition coefficient (Wildman–Crippen LogP) is 8.12. The molecule has 0 aromatic carbocycles. The lowest BCUT2D eigenvalue weighted by Crippen LogP contribution is -2.54. The molecule has 3 heteroatoms. The van der Waals surface area contributed by atoms with Crippen LogP contribution in [0.5, 0.6) is 0 Å². The Kier molecular flexibility index (Phi) is 7.59. The first-order chi connectivity index (χ1) is 16.7. The Morgan fingerprint density at radius 3 is 2.57 bits per heavy atom. The van der Waals surface area contributed by atoms with Crippen molar-refractivity contribution in [2.75, 3.05) is 6.61 Å². The molecule has 198 valence electrons. The van der Waals surface area contributed by atoms with E-state index in [2.05, 4.69) is 40.7 Å². The fourth-order valence-electron chi connectivity index (χ4n) is 9.54. The molecule has 4 aliphatic carbocycles. The maximum Gasteiger partial charge on any atom is 0.159 e. The number of fused-ring (bicyclic) bond motifs is 5. The molecule has 0 N–H and O–H groups in total. The lowest BCUT2D eigenvalue weighted by atomic mass is 9.46. The number of carbonyl (C=O) groups excluding carboxylic acids is 1. The van der Waals surface area contributed by atoms with Gasteiger partial charge in [0.1, 0.15) is 0 Å². The largest absolute Gasteiger partial charge is 0.353 e. The summed E-state index contributed by atoms with van der Waals surface area (Å²) in [5.74, 6) is 4.24. The number of carbonyl (C=O) groups is 1. The highest BCUT2D eigenvalue weighted by atomic mass is 16.7. The van der Waals surface area contributed by atoms with Crippen LogP contribution in [0.25, 0.3) is 0 Å². The Bertz CT molecular complexity index is 795. The minimum Gasteiger partial charge on any atom is -0.353 e. The smallest absolute Gasteiger partial charge is 0.159 e. The fourth-order valence-corrected chi connectivity index (χ4v) is 9.54.